The molecule has 0 radical (unpaired) electrons. The van der Waals surface area contributed by atoms with Crippen LogP contribution >= 0.6 is 0 Å². The van der Waals surface area contributed by atoms with Crippen LogP contribution in [0.4, 0.5) is 4.79 Å². The van der Waals surface area contributed by atoms with E-state index < -0.39 is 0 Å². The number of likely N-dealkylation sites (N-methyl/N-ethyl adjacent to an activating group) is 1. The summed E-state index contributed by atoms with van der Waals surface area (Å²) in [7, 11) is 8.26. The minimum absolute atomic E-state index is 0.0454. The highest BCUT2D eigenvalue weighted by Crippen LogP contribution is 2.14. The molecule has 122 valence electrons. The maximum Gasteiger partial charge on any atom is 0.317 e. The molecule has 5 nitrogen and oxygen atoms in total. The number of rotatable bonds is 5. The van der Waals surface area contributed by atoms with E-state index in [1.54, 1.807) is 0 Å². The van der Waals surface area contributed by atoms with E-state index in [4.69, 9.17) is 0 Å². The number of hydrogen-bond donors (Lipinski definition) is 1. The molecule has 0 saturated carbocycles. The van der Waals surface area contributed by atoms with Crippen molar-refractivity contribution in [2.45, 2.75) is 25.6 Å². The highest BCUT2D eigenvalue weighted by atomic mass is 16.2. The van der Waals surface area contributed by atoms with Crippen molar-refractivity contribution in [1.82, 2.24) is 20.0 Å². The van der Waals surface area contributed by atoms with Crippen LogP contribution in [0.1, 0.15) is 17.5 Å². The molecule has 2 rings (SSSR count). The van der Waals surface area contributed by atoms with E-state index in [1.807, 2.05) is 17.0 Å². The SMILES string of the molecule is CN(C)Cc1ccccc1CNC(=O)N1CC[C@H](N(C)C)C1. The average molecular weight is 304 g/mol. The molecule has 1 fully saturated rings. The normalized spacial score (nSPS) is 18.3. The lowest BCUT2D eigenvalue weighted by molar-refractivity contribution is 0.203. The summed E-state index contributed by atoms with van der Waals surface area (Å²) in [5.74, 6) is 0. The fourth-order valence-electron chi connectivity index (χ4n) is 2.86. The second kappa shape index (κ2) is 7.61. The number of hydrogen-bond acceptors (Lipinski definition) is 3. The Labute approximate surface area is 133 Å². The first kappa shape index (κ1) is 16.8. The van der Waals surface area contributed by atoms with Crippen molar-refractivity contribution in [3.8, 4) is 0 Å². The van der Waals surface area contributed by atoms with Crippen molar-refractivity contribution >= 4 is 6.03 Å². The van der Waals surface area contributed by atoms with E-state index in [9.17, 15) is 4.79 Å². The Morgan fingerprint density at radius 2 is 1.91 bits per heavy atom. The van der Waals surface area contributed by atoms with Gasteiger partial charge in [-0.3, -0.25) is 0 Å². The maximum atomic E-state index is 12.3. The van der Waals surface area contributed by atoms with Crippen molar-refractivity contribution in [2.24, 2.45) is 0 Å². The van der Waals surface area contributed by atoms with Crippen LogP contribution < -0.4 is 5.32 Å². The van der Waals surface area contributed by atoms with Gasteiger partial charge in [0.05, 0.1) is 0 Å². The van der Waals surface area contributed by atoms with Crippen LogP contribution in [0.5, 0.6) is 0 Å². The van der Waals surface area contributed by atoms with Crippen molar-refractivity contribution in [3.05, 3.63) is 35.4 Å². The number of carbonyl (C=O) groups is 1. The van der Waals surface area contributed by atoms with E-state index in [0.29, 0.717) is 12.6 Å². The van der Waals surface area contributed by atoms with Crippen molar-refractivity contribution in [2.75, 3.05) is 41.3 Å². The molecule has 0 unspecified atom stereocenters. The summed E-state index contributed by atoms with van der Waals surface area (Å²) in [4.78, 5) is 18.6. The Balaban J connectivity index is 1.89. The molecule has 1 aliphatic heterocycles. The van der Waals surface area contributed by atoms with Crippen LogP contribution in [0, 0.1) is 0 Å². The van der Waals surface area contributed by atoms with Gasteiger partial charge in [0.2, 0.25) is 0 Å². The van der Waals surface area contributed by atoms with Crippen LogP contribution in [-0.2, 0) is 13.1 Å². The molecule has 5 heteroatoms. The van der Waals surface area contributed by atoms with Gasteiger partial charge in [-0.15, -0.1) is 0 Å². The Bertz CT molecular complexity index is 501. The molecule has 1 aromatic carbocycles. The lowest BCUT2D eigenvalue weighted by atomic mass is 10.1. The Morgan fingerprint density at radius 1 is 1.23 bits per heavy atom. The molecule has 2 amide bonds. The lowest BCUT2D eigenvalue weighted by Crippen LogP contribution is -2.40. The number of nitrogens with one attached hydrogen (secondary N) is 1. The Hall–Kier alpha value is -1.59. The van der Waals surface area contributed by atoms with Crippen molar-refractivity contribution < 1.29 is 4.79 Å². The molecule has 0 aromatic heterocycles. The Morgan fingerprint density at radius 3 is 2.50 bits per heavy atom. The molecular formula is C17H28N4O. The number of urea groups is 1. The molecule has 1 atom stereocenters. The maximum absolute atomic E-state index is 12.3. The minimum Gasteiger partial charge on any atom is -0.334 e. The van der Waals surface area contributed by atoms with Gasteiger partial charge in [0, 0.05) is 32.2 Å². The van der Waals surface area contributed by atoms with Crippen LogP contribution in [-0.4, -0.2) is 68.1 Å². The van der Waals surface area contributed by atoms with Crippen molar-refractivity contribution in [1.29, 1.82) is 0 Å². The third kappa shape index (κ3) is 4.45. The average Bonchev–Trinajstić information content (AvgIpc) is 2.95. The quantitative estimate of drug-likeness (QED) is 0.898. The first-order valence-corrected chi connectivity index (χ1v) is 7.88. The molecule has 1 heterocycles. The highest BCUT2D eigenvalue weighted by Gasteiger charge is 2.27. The molecule has 1 saturated heterocycles. The monoisotopic (exact) mass is 304 g/mol. The second-order valence-electron chi connectivity index (χ2n) is 6.52. The lowest BCUT2D eigenvalue weighted by Gasteiger charge is -2.21. The van der Waals surface area contributed by atoms with E-state index in [1.165, 1.54) is 11.1 Å². The molecule has 0 bridgehead atoms. The number of carbonyl (C=O) groups excluding carboxylic acids is 1. The molecular weight excluding hydrogens is 276 g/mol. The van der Waals surface area contributed by atoms with E-state index in [-0.39, 0.29) is 6.03 Å². The van der Waals surface area contributed by atoms with Gasteiger partial charge < -0.3 is 20.0 Å². The molecule has 1 aromatic rings. The summed E-state index contributed by atoms with van der Waals surface area (Å²) in [5.41, 5.74) is 2.45. The summed E-state index contributed by atoms with van der Waals surface area (Å²) < 4.78 is 0. The van der Waals surface area contributed by atoms with E-state index in [0.717, 1.165) is 26.1 Å². The third-order valence-corrected chi connectivity index (χ3v) is 4.22. The first-order valence-electron chi connectivity index (χ1n) is 7.88. The number of nitrogens with zero attached hydrogens (tertiary/aromatic N) is 3. The van der Waals surface area contributed by atoms with Crippen molar-refractivity contribution in [3.63, 3.8) is 0 Å². The van der Waals surface area contributed by atoms with Gasteiger partial charge >= 0.3 is 6.03 Å². The fourth-order valence-corrected chi connectivity index (χ4v) is 2.86. The molecule has 1 aliphatic rings. The number of likely N-dealkylation sites (tertiary alicyclic amines) is 1. The Kier molecular flexibility index (Phi) is 5.80. The van der Waals surface area contributed by atoms with Gasteiger partial charge in [-0.05, 0) is 45.7 Å². The predicted molar refractivity (Wildman–Crippen MR) is 89.7 cm³/mol. The molecule has 0 aliphatic carbocycles. The summed E-state index contributed by atoms with van der Waals surface area (Å²) in [6.45, 7) is 3.14. The smallest absolute Gasteiger partial charge is 0.317 e. The van der Waals surface area contributed by atoms with Gasteiger partial charge in [0.15, 0.2) is 0 Å². The summed E-state index contributed by atoms with van der Waals surface area (Å²) >= 11 is 0. The van der Waals surface area contributed by atoms with Crippen LogP contribution in [0.25, 0.3) is 0 Å². The van der Waals surface area contributed by atoms with E-state index >= 15 is 0 Å². The van der Waals surface area contributed by atoms with Crippen LogP contribution in [0.2, 0.25) is 0 Å². The first-order chi connectivity index (χ1) is 10.5. The summed E-state index contributed by atoms with van der Waals surface area (Å²) in [5, 5.41) is 3.06. The number of amides is 2. The zero-order valence-corrected chi connectivity index (χ0v) is 14.2. The molecule has 22 heavy (non-hydrogen) atoms. The zero-order valence-electron chi connectivity index (χ0n) is 14.2. The minimum atomic E-state index is 0.0454. The second-order valence-corrected chi connectivity index (χ2v) is 6.52. The van der Waals surface area contributed by atoms with Gasteiger partial charge in [0.1, 0.15) is 0 Å². The van der Waals surface area contributed by atoms with Gasteiger partial charge in [-0.2, -0.15) is 0 Å². The van der Waals surface area contributed by atoms with Gasteiger partial charge in [-0.25, -0.2) is 4.79 Å². The van der Waals surface area contributed by atoms with Gasteiger partial charge in [-0.1, -0.05) is 24.3 Å². The summed E-state index contributed by atoms with van der Waals surface area (Å²) in [6.07, 6.45) is 1.05. The predicted octanol–water partition coefficient (Wildman–Crippen LogP) is 1.59. The van der Waals surface area contributed by atoms with E-state index in [2.05, 4.69) is 55.4 Å². The largest absolute Gasteiger partial charge is 0.334 e. The fraction of sp³-hybridized carbons (Fsp3) is 0.588. The zero-order chi connectivity index (χ0) is 16.1. The molecule has 0 spiro atoms. The third-order valence-electron chi connectivity index (χ3n) is 4.22. The number of benzene rings is 1. The molecule has 1 N–H and O–H groups in total. The van der Waals surface area contributed by atoms with Crippen LogP contribution in [0.15, 0.2) is 24.3 Å². The standard InChI is InChI=1S/C17H28N4O/c1-19(2)12-15-8-6-5-7-14(15)11-18-17(22)21-10-9-16(13-21)20(3)4/h5-8,16H,9-13H2,1-4H3,(H,18,22)/t16-/m0/s1. The topological polar surface area (TPSA) is 38.8 Å². The van der Waals surface area contributed by atoms with Crippen LogP contribution in [0.3, 0.4) is 0 Å². The highest BCUT2D eigenvalue weighted by molar-refractivity contribution is 5.74. The van der Waals surface area contributed by atoms with Gasteiger partial charge in [0.25, 0.3) is 0 Å². The summed E-state index contributed by atoms with van der Waals surface area (Å²) in [6, 6.07) is 8.81.